The highest BCUT2D eigenvalue weighted by Gasteiger charge is 2.01. The Morgan fingerprint density at radius 1 is 1.50 bits per heavy atom. The highest BCUT2D eigenvalue weighted by molar-refractivity contribution is 5.47. The molecular weight excluding hydrogens is 150 g/mol. The molecule has 2 heterocycles. The smallest absolute Gasteiger partial charge is 0.127 e. The summed E-state index contributed by atoms with van der Waals surface area (Å²) in [4.78, 5) is 4.21. The fourth-order valence-electron chi connectivity index (χ4n) is 1.43. The lowest BCUT2D eigenvalue weighted by atomic mass is 10.3. The number of pyridine rings is 1. The first-order chi connectivity index (χ1) is 5.83. The van der Waals surface area contributed by atoms with Crippen LogP contribution < -0.4 is 5.73 Å². The number of fused-ring (bicyclic) bond motifs is 1. The van der Waals surface area contributed by atoms with Crippen molar-refractivity contribution in [2.75, 3.05) is 0 Å². The minimum absolute atomic E-state index is 0.485. The molecule has 2 N–H and O–H groups in total. The first-order valence-corrected chi connectivity index (χ1v) is 3.95. The van der Waals surface area contributed by atoms with E-state index in [-0.39, 0.29) is 0 Å². The van der Waals surface area contributed by atoms with E-state index < -0.39 is 0 Å². The van der Waals surface area contributed by atoms with E-state index in [1.165, 1.54) is 5.69 Å². The van der Waals surface area contributed by atoms with Crippen LogP contribution >= 0.6 is 0 Å². The van der Waals surface area contributed by atoms with Crippen LogP contribution in [0.5, 0.6) is 0 Å². The highest BCUT2D eigenvalue weighted by Crippen LogP contribution is 2.09. The zero-order chi connectivity index (χ0) is 8.55. The van der Waals surface area contributed by atoms with Gasteiger partial charge >= 0.3 is 0 Å². The van der Waals surface area contributed by atoms with Gasteiger partial charge in [-0.05, 0) is 19.1 Å². The molecule has 0 unspecified atom stereocenters. The summed E-state index contributed by atoms with van der Waals surface area (Å²) in [6.45, 7) is 2.53. The van der Waals surface area contributed by atoms with E-state index in [0.29, 0.717) is 6.54 Å². The molecule has 0 aliphatic rings. The van der Waals surface area contributed by atoms with E-state index in [1.54, 1.807) is 0 Å². The summed E-state index contributed by atoms with van der Waals surface area (Å²) in [6, 6.07) is 6.10. The van der Waals surface area contributed by atoms with Crippen LogP contribution in [0.25, 0.3) is 5.52 Å². The number of hydrogen-bond donors (Lipinski definition) is 1. The van der Waals surface area contributed by atoms with Crippen molar-refractivity contribution in [3.8, 4) is 0 Å². The molecule has 0 spiro atoms. The van der Waals surface area contributed by atoms with Gasteiger partial charge in [0.15, 0.2) is 0 Å². The van der Waals surface area contributed by atoms with Gasteiger partial charge < -0.3 is 5.73 Å². The second-order valence-corrected chi connectivity index (χ2v) is 2.81. The van der Waals surface area contributed by atoms with Gasteiger partial charge in [0.25, 0.3) is 0 Å². The molecule has 0 atom stereocenters. The summed E-state index contributed by atoms with van der Waals surface area (Å²) in [5.41, 5.74) is 7.82. The summed E-state index contributed by atoms with van der Waals surface area (Å²) in [5.74, 6) is 0.920. The summed E-state index contributed by atoms with van der Waals surface area (Å²) in [5, 5.41) is 0. The lowest BCUT2D eigenvalue weighted by molar-refractivity contribution is 0.883. The Hall–Kier alpha value is -1.35. The molecule has 0 fully saturated rings. The molecule has 0 amide bonds. The summed E-state index contributed by atoms with van der Waals surface area (Å²) >= 11 is 0. The minimum Gasteiger partial charge on any atom is -0.324 e. The van der Waals surface area contributed by atoms with Crippen LogP contribution in [0.1, 0.15) is 11.5 Å². The van der Waals surface area contributed by atoms with E-state index in [9.17, 15) is 0 Å². The number of aryl methyl sites for hydroxylation is 1. The summed E-state index contributed by atoms with van der Waals surface area (Å²) in [6.07, 6.45) is 1.84. The van der Waals surface area contributed by atoms with Crippen molar-refractivity contribution in [3.05, 3.63) is 35.9 Å². The number of hydrogen-bond acceptors (Lipinski definition) is 2. The van der Waals surface area contributed by atoms with Crippen molar-refractivity contribution in [2.45, 2.75) is 13.5 Å². The van der Waals surface area contributed by atoms with Crippen LogP contribution in [0.15, 0.2) is 24.4 Å². The Kier molecular flexibility index (Phi) is 1.59. The number of nitrogens with zero attached hydrogens (tertiary/aromatic N) is 2. The largest absolute Gasteiger partial charge is 0.324 e. The van der Waals surface area contributed by atoms with Crippen molar-refractivity contribution >= 4 is 5.52 Å². The van der Waals surface area contributed by atoms with Crippen LogP contribution in [-0.2, 0) is 6.54 Å². The maximum Gasteiger partial charge on any atom is 0.127 e. The fourth-order valence-corrected chi connectivity index (χ4v) is 1.43. The maximum absolute atomic E-state index is 5.55. The molecule has 0 aromatic carbocycles. The predicted molar refractivity (Wildman–Crippen MR) is 47.8 cm³/mol. The van der Waals surface area contributed by atoms with Crippen LogP contribution in [-0.4, -0.2) is 9.38 Å². The SMILES string of the molecule is Cc1cccc2cnc(CN)n12. The Balaban J connectivity index is 2.83. The lowest BCUT2D eigenvalue weighted by Gasteiger charge is -2.01. The molecule has 3 nitrogen and oxygen atoms in total. The molecule has 12 heavy (non-hydrogen) atoms. The van der Waals surface area contributed by atoms with Gasteiger partial charge in [0.2, 0.25) is 0 Å². The van der Waals surface area contributed by atoms with Crippen LogP contribution in [0.3, 0.4) is 0 Å². The topological polar surface area (TPSA) is 43.3 Å². The van der Waals surface area contributed by atoms with E-state index in [1.807, 2.05) is 31.3 Å². The van der Waals surface area contributed by atoms with Gasteiger partial charge in [-0.3, -0.25) is 4.40 Å². The fraction of sp³-hybridized carbons (Fsp3) is 0.222. The molecule has 0 bridgehead atoms. The number of nitrogens with two attached hydrogens (primary N) is 1. The van der Waals surface area contributed by atoms with Gasteiger partial charge in [-0.25, -0.2) is 4.98 Å². The number of rotatable bonds is 1. The first-order valence-electron chi connectivity index (χ1n) is 3.95. The highest BCUT2D eigenvalue weighted by atomic mass is 15.0. The molecule has 0 saturated carbocycles. The average Bonchev–Trinajstić information content (AvgIpc) is 2.49. The van der Waals surface area contributed by atoms with Crippen molar-refractivity contribution in [3.63, 3.8) is 0 Å². The maximum atomic E-state index is 5.55. The molecule has 3 heteroatoms. The molecule has 0 aliphatic carbocycles. The van der Waals surface area contributed by atoms with Crippen molar-refractivity contribution in [2.24, 2.45) is 5.73 Å². The molecule has 2 aromatic rings. The van der Waals surface area contributed by atoms with Gasteiger partial charge in [0.05, 0.1) is 18.3 Å². The minimum atomic E-state index is 0.485. The quantitative estimate of drug-likeness (QED) is 0.680. The summed E-state index contributed by atoms with van der Waals surface area (Å²) in [7, 11) is 0. The second kappa shape index (κ2) is 2.60. The summed E-state index contributed by atoms with van der Waals surface area (Å²) < 4.78 is 2.07. The molecule has 0 saturated heterocycles. The monoisotopic (exact) mass is 161 g/mol. The molecule has 62 valence electrons. The van der Waals surface area contributed by atoms with E-state index in [0.717, 1.165) is 11.3 Å². The van der Waals surface area contributed by atoms with Crippen LogP contribution in [0, 0.1) is 6.92 Å². The molecule has 2 rings (SSSR count). The average molecular weight is 161 g/mol. The van der Waals surface area contributed by atoms with Gasteiger partial charge in [-0.15, -0.1) is 0 Å². The van der Waals surface area contributed by atoms with Crippen LogP contribution in [0.2, 0.25) is 0 Å². The zero-order valence-corrected chi connectivity index (χ0v) is 6.99. The number of imidazole rings is 1. The third-order valence-corrected chi connectivity index (χ3v) is 2.00. The standard InChI is InChI=1S/C9H11N3/c1-7-3-2-4-8-6-11-9(5-10)12(7)8/h2-4,6H,5,10H2,1H3. The van der Waals surface area contributed by atoms with Gasteiger partial charge in [-0.1, -0.05) is 6.07 Å². The Morgan fingerprint density at radius 3 is 3.08 bits per heavy atom. The normalized spacial score (nSPS) is 10.8. The van der Waals surface area contributed by atoms with Gasteiger partial charge in [0.1, 0.15) is 5.82 Å². The number of aromatic nitrogens is 2. The van der Waals surface area contributed by atoms with Crippen molar-refractivity contribution in [1.82, 2.24) is 9.38 Å². The Labute approximate surface area is 70.8 Å². The van der Waals surface area contributed by atoms with Gasteiger partial charge in [0, 0.05) is 5.69 Å². The van der Waals surface area contributed by atoms with Gasteiger partial charge in [-0.2, -0.15) is 0 Å². The lowest BCUT2D eigenvalue weighted by Crippen LogP contribution is -2.04. The van der Waals surface area contributed by atoms with E-state index >= 15 is 0 Å². The van der Waals surface area contributed by atoms with Crippen molar-refractivity contribution in [1.29, 1.82) is 0 Å². The van der Waals surface area contributed by atoms with Crippen LogP contribution in [0.4, 0.5) is 0 Å². The first kappa shape index (κ1) is 7.31. The van der Waals surface area contributed by atoms with E-state index in [2.05, 4.69) is 9.38 Å². The predicted octanol–water partition coefficient (Wildman–Crippen LogP) is 1.10. The molecule has 0 aliphatic heterocycles. The Morgan fingerprint density at radius 2 is 2.33 bits per heavy atom. The molecule has 0 radical (unpaired) electrons. The third-order valence-electron chi connectivity index (χ3n) is 2.00. The van der Waals surface area contributed by atoms with Crippen molar-refractivity contribution < 1.29 is 0 Å². The third kappa shape index (κ3) is 0.905. The second-order valence-electron chi connectivity index (χ2n) is 2.81. The Bertz CT molecular complexity index is 403. The van der Waals surface area contributed by atoms with E-state index in [4.69, 9.17) is 5.73 Å². The zero-order valence-electron chi connectivity index (χ0n) is 6.99. The molecular formula is C9H11N3. The molecule has 2 aromatic heterocycles.